The highest BCUT2D eigenvalue weighted by Gasteiger charge is 2.42. The lowest BCUT2D eigenvalue weighted by Gasteiger charge is -1.86. The molecule has 2 unspecified atom stereocenters. The standard InChI is InChI=1S/C4H8NO2S/c1-3-2-4(3)8(5,6)7/h3-5H,2H2,1H3. The molecular formula is C4H8NO2S. The van der Waals surface area contributed by atoms with Crippen LogP contribution >= 0.6 is 0 Å². The van der Waals surface area contributed by atoms with Crippen LogP contribution in [0.5, 0.6) is 0 Å². The molecule has 8 heavy (non-hydrogen) atoms. The lowest BCUT2D eigenvalue weighted by molar-refractivity contribution is 0.593. The first kappa shape index (κ1) is 6.04. The number of hydrogen-bond acceptors (Lipinski definition) is 2. The van der Waals surface area contributed by atoms with Gasteiger partial charge in [0.2, 0.25) is 10.0 Å². The lowest BCUT2D eigenvalue weighted by atomic mass is 10.5. The molecule has 1 radical (unpaired) electrons. The summed E-state index contributed by atoms with van der Waals surface area (Å²) in [6.45, 7) is 1.84. The van der Waals surface area contributed by atoms with Crippen molar-refractivity contribution >= 4 is 10.0 Å². The first-order valence-electron chi connectivity index (χ1n) is 2.50. The van der Waals surface area contributed by atoms with Crippen molar-refractivity contribution in [3.63, 3.8) is 0 Å². The molecule has 3 nitrogen and oxygen atoms in total. The van der Waals surface area contributed by atoms with E-state index in [1.165, 1.54) is 0 Å². The predicted octanol–water partition coefficient (Wildman–Crippen LogP) is 0.00750. The maximum atomic E-state index is 10.3. The van der Waals surface area contributed by atoms with Gasteiger partial charge >= 0.3 is 0 Å². The lowest BCUT2D eigenvalue weighted by Crippen LogP contribution is -2.07. The molecule has 1 fully saturated rings. The van der Waals surface area contributed by atoms with Crippen LogP contribution in [-0.4, -0.2) is 13.7 Å². The molecule has 0 aromatic carbocycles. The van der Waals surface area contributed by atoms with E-state index in [0.717, 1.165) is 0 Å². The van der Waals surface area contributed by atoms with Gasteiger partial charge in [-0.1, -0.05) is 6.92 Å². The van der Waals surface area contributed by atoms with Gasteiger partial charge in [0.05, 0.1) is 5.25 Å². The van der Waals surface area contributed by atoms with Gasteiger partial charge < -0.3 is 0 Å². The zero-order valence-electron chi connectivity index (χ0n) is 4.59. The Bertz CT molecular complexity index is 184. The van der Waals surface area contributed by atoms with Crippen LogP contribution in [0, 0.1) is 5.92 Å². The molecule has 2 atom stereocenters. The molecule has 0 amide bonds. The van der Waals surface area contributed by atoms with E-state index in [0.29, 0.717) is 6.42 Å². The number of nitrogens with one attached hydrogen (secondary N) is 1. The molecule has 4 heteroatoms. The Hall–Kier alpha value is -0.0900. The van der Waals surface area contributed by atoms with Gasteiger partial charge in [-0.3, -0.25) is 0 Å². The summed E-state index contributed by atoms with van der Waals surface area (Å²) in [5, 5.41) is 6.21. The van der Waals surface area contributed by atoms with Gasteiger partial charge in [-0.05, 0) is 12.3 Å². The normalized spacial score (nSPS) is 37.2. The topological polar surface area (TPSA) is 57.9 Å². The quantitative estimate of drug-likeness (QED) is 0.507. The molecule has 0 spiro atoms. The summed E-state index contributed by atoms with van der Waals surface area (Å²) in [4.78, 5) is 0. The first-order chi connectivity index (χ1) is 3.52. The van der Waals surface area contributed by atoms with Crippen molar-refractivity contribution in [1.82, 2.24) is 5.14 Å². The summed E-state index contributed by atoms with van der Waals surface area (Å²) in [5.74, 6) is 0.234. The molecule has 0 heterocycles. The Balaban J connectivity index is 2.66. The van der Waals surface area contributed by atoms with Crippen molar-refractivity contribution in [3.8, 4) is 0 Å². The van der Waals surface area contributed by atoms with Crippen molar-refractivity contribution in [2.24, 2.45) is 5.92 Å². The van der Waals surface area contributed by atoms with Gasteiger partial charge in [0.15, 0.2) is 0 Å². The predicted molar refractivity (Wildman–Crippen MR) is 29.6 cm³/mol. The first-order valence-corrected chi connectivity index (χ1v) is 4.05. The minimum absolute atomic E-state index is 0.234. The molecule has 0 aromatic rings. The second-order valence-corrected chi connectivity index (χ2v) is 3.99. The third-order valence-corrected chi connectivity index (χ3v) is 2.89. The van der Waals surface area contributed by atoms with Gasteiger partial charge in [0, 0.05) is 0 Å². The Kier molecular flexibility index (Phi) is 1.09. The van der Waals surface area contributed by atoms with Gasteiger partial charge in [0.25, 0.3) is 0 Å². The molecule has 0 bridgehead atoms. The average molecular weight is 134 g/mol. The fraction of sp³-hybridized carbons (Fsp3) is 1.00. The summed E-state index contributed by atoms with van der Waals surface area (Å²) in [6, 6.07) is 0. The largest absolute Gasteiger partial charge is 0.228 e. The Morgan fingerprint density at radius 3 is 2.00 bits per heavy atom. The average Bonchev–Trinajstić information content (AvgIpc) is 2.13. The number of rotatable bonds is 1. The second-order valence-electron chi connectivity index (χ2n) is 2.30. The second kappa shape index (κ2) is 1.45. The summed E-state index contributed by atoms with van der Waals surface area (Å²) in [5.41, 5.74) is 0. The van der Waals surface area contributed by atoms with Crippen molar-refractivity contribution < 1.29 is 8.42 Å². The third-order valence-electron chi connectivity index (χ3n) is 1.43. The highest BCUT2D eigenvalue weighted by atomic mass is 32.2. The summed E-state index contributed by atoms with van der Waals surface area (Å²) in [7, 11) is -3.43. The summed E-state index contributed by atoms with van der Waals surface area (Å²) >= 11 is 0. The van der Waals surface area contributed by atoms with Crippen molar-refractivity contribution in [1.29, 1.82) is 0 Å². The summed E-state index contributed by atoms with van der Waals surface area (Å²) in [6.07, 6.45) is 0.686. The smallest absolute Gasteiger partial charge is 0.211 e. The van der Waals surface area contributed by atoms with Gasteiger partial charge in [0.1, 0.15) is 0 Å². The molecule has 1 N–H and O–H groups in total. The van der Waals surface area contributed by atoms with Crippen LogP contribution in [0.1, 0.15) is 13.3 Å². The van der Waals surface area contributed by atoms with Crippen LogP contribution < -0.4 is 5.14 Å². The van der Waals surface area contributed by atoms with Crippen LogP contribution in [0.25, 0.3) is 0 Å². The van der Waals surface area contributed by atoms with E-state index in [-0.39, 0.29) is 11.2 Å². The molecule has 0 aliphatic heterocycles. The summed E-state index contributed by atoms with van der Waals surface area (Å²) < 4.78 is 20.5. The van der Waals surface area contributed by atoms with Crippen LogP contribution in [0.2, 0.25) is 0 Å². The zero-order valence-corrected chi connectivity index (χ0v) is 5.40. The van der Waals surface area contributed by atoms with Gasteiger partial charge in [-0.15, -0.1) is 5.14 Å². The van der Waals surface area contributed by atoms with E-state index in [2.05, 4.69) is 0 Å². The van der Waals surface area contributed by atoms with Crippen LogP contribution in [0.15, 0.2) is 0 Å². The fourth-order valence-corrected chi connectivity index (χ4v) is 1.89. The van der Waals surface area contributed by atoms with Crippen molar-refractivity contribution in [3.05, 3.63) is 0 Å². The minimum atomic E-state index is -3.43. The molecule has 47 valence electrons. The van der Waals surface area contributed by atoms with E-state index in [9.17, 15) is 8.42 Å². The van der Waals surface area contributed by atoms with E-state index < -0.39 is 10.0 Å². The molecule has 0 aromatic heterocycles. The highest BCUT2D eigenvalue weighted by Crippen LogP contribution is 2.35. The van der Waals surface area contributed by atoms with E-state index >= 15 is 0 Å². The van der Waals surface area contributed by atoms with E-state index in [1.54, 1.807) is 0 Å². The Morgan fingerprint density at radius 2 is 2.00 bits per heavy atom. The molecule has 1 aliphatic carbocycles. The zero-order chi connectivity index (χ0) is 6.36. The molecular weight excluding hydrogens is 126 g/mol. The van der Waals surface area contributed by atoms with E-state index in [1.807, 2.05) is 6.92 Å². The van der Waals surface area contributed by atoms with Crippen molar-refractivity contribution in [2.75, 3.05) is 0 Å². The fourth-order valence-electron chi connectivity index (χ4n) is 0.720. The highest BCUT2D eigenvalue weighted by molar-refractivity contribution is 7.89. The van der Waals surface area contributed by atoms with Crippen LogP contribution in [0.4, 0.5) is 0 Å². The molecule has 1 rings (SSSR count). The van der Waals surface area contributed by atoms with Gasteiger partial charge in [-0.2, -0.15) is 0 Å². The van der Waals surface area contributed by atoms with Crippen molar-refractivity contribution in [2.45, 2.75) is 18.6 Å². The molecule has 0 saturated heterocycles. The van der Waals surface area contributed by atoms with Crippen LogP contribution in [0.3, 0.4) is 0 Å². The SMILES string of the molecule is CC1CC1S([NH])(=O)=O. The Labute approximate surface area is 48.9 Å². The van der Waals surface area contributed by atoms with E-state index in [4.69, 9.17) is 5.14 Å². The molecule has 1 aliphatic rings. The minimum Gasteiger partial charge on any atom is -0.211 e. The maximum absolute atomic E-state index is 10.3. The third kappa shape index (κ3) is 1.00. The maximum Gasteiger partial charge on any atom is 0.228 e. The Morgan fingerprint density at radius 1 is 1.62 bits per heavy atom. The number of sulfonamides is 1. The van der Waals surface area contributed by atoms with Gasteiger partial charge in [-0.25, -0.2) is 8.42 Å². The monoisotopic (exact) mass is 134 g/mol. The number of hydrogen-bond donors (Lipinski definition) is 0. The van der Waals surface area contributed by atoms with Crippen LogP contribution in [-0.2, 0) is 10.0 Å². The molecule has 1 saturated carbocycles.